The molecule has 72 valence electrons. The Kier molecular flexibility index (Phi) is 2.66. The van der Waals surface area contributed by atoms with Crippen LogP contribution in [0, 0.1) is 0 Å². The van der Waals surface area contributed by atoms with E-state index in [9.17, 15) is 0 Å². The highest BCUT2D eigenvalue weighted by Crippen LogP contribution is 2.22. The Balaban J connectivity index is 2.60. The van der Waals surface area contributed by atoms with E-state index >= 15 is 0 Å². The quantitative estimate of drug-likeness (QED) is 0.755. The highest BCUT2D eigenvalue weighted by atomic mass is 35.5. The molecule has 14 heavy (non-hydrogen) atoms. The van der Waals surface area contributed by atoms with Crippen molar-refractivity contribution in [2.24, 2.45) is 0 Å². The van der Waals surface area contributed by atoms with Crippen LogP contribution in [0.15, 0.2) is 30.3 Å². The Labute approximate surface area is 87.5 Å². The van der Waals surface area contributed by atoms with Gasteiger partial charge in [-0.25, -0.2) is 0 Å². The van der Waals surface area contributed by atoms with Gasteiger partial charge in [-0.05, 0) is 12.1 Å². The average molecular weight is 208 g/mol. The smallest absolute Gasteiger partial charge is 0.0884 e. The summed E-state index contributed by atoms with van der Waals surface area (Å²) in [5.41, 5.74) is 1.77. The van der Waals surface area contributed by atoms with Crippen LogP contribution in [-0.4, -0.2) is 12.1 Å². The molecule has 0 radical (unpaired) electrons. The third kappa shape index (κ3) is 1.72. The summed E-state index contributed by atoms with van der Waals surface area (Å²) in [5, 5.41) is 1.71. The number of para-hydroxylation sites is 1. The number of aromatic nitrogens is 1. The Hall–Kier alpha value is -1.12. The van der Waals surface area contributed by atoms with Gasteiger partial charge >= 0.3 is 0 Å². The van der Waals surface area contributed by atoms with Crippen LogP contribution in [0.5, 0.6) is 0 Å². The van der Waals surface area contributed by atoms with Gasteiger partial charge in [-0.15, -0.1) is 0 Å². The number of halogens is 1. The second-order valence-corrected chi connectivity index (χ2v) is 3.45. The zero-order valence-corrected chi connectivity index (χ0v) is 8.58. The lowest BCUT2D eigenvalue weighted by Gasteiger charge is -2.03. The van der Waals surface area contributed by atoms with Crippen molar-refractivity contribution < 1.29 is 4.74 Å². The fourth-order valence-electron chi connectivity index (χ4n) is 1.41. The van der Waals surface area contributed by atoms with Crippen molar-refractivity contribution in [3.8, 4) is 0 Å². The first-order valence-electron chi connectivity index (χ1n) is 4.34. The summed E-state index contributed by atoms with van der Waals surface area (Å²) in [5.74, 6) is 0. The van der Waals surface area contributed by atoms with Crippen molar-refractivity contribution in [2.75, 3.05) is 7.11 Å². The molecule has 0 saturated carbocycles. The molecule has 0 unspecified atom stereocenters. The van der Waals surface area contributed by atoms with Gasteiger partial charge in [-0.1, -0.05) is 29.8 Å². The zero-order valence-electron chi connectivity index (χ0n) is 7.83. The fourth-order valence-corrected chi connectivity index (χ4v) is 1.69. The number of rotatable bonds is 2. The van der Waals surface area contributed by atoms with Crippen LogP contribution in [0.2, 0.25) is 5.02 Å². The molecule has 0 aliphatic rings. The number of methoxy groups -OCH3 is 1. The van der Waals surface area contributed by atoms with Crippen molar-refractivity contribution in [1.29, 1.82) is 0 Å². The fraction of sp³-hybridized carbons (Fsp3) is 0.182. The van der Waals surface area contributed by atoms with E-state index in [1.165, 1.54) is 0 Å². The minimum Gasteiger partial charge on any atom is -0.378 e. The van der Waals surface area contributed by atoms with Crippen LogP contribution in [0.25, 0.3) is 10.9 Å². The van der Waals surface area contributed by atoms with Gasteiger partial charge in [-0.3, -0.25) is 4.98 Å². The van der Waals surface area contributed by atoms with E-state index in [0.29, 0.717) is 6.61 Å². The summed E-state index contributed by atoms with van der Waals surface area (Å²) in [6, 6.07) is 9.64. The molecular weight excluding hydrogens is 198 g/mol. The number of ether oxygens (including phenoxy) is 1. The Morgan fingerprint density at radius 3 is 2.93 bits per heavy atom. The van der Waals surface area contributed by atoms with Crippen molar-refractivity contribution in [1.82, 2.24) is 4.98 Å². The lowest BCUT2D eigenvalue weighted by atomic mass is 10.2. The predicted molar refractivity (Wildman–Crippen MR) is 57.5 cm³/mol. The highest BCUT2D eigenvalue weighted by molar-refractivity contribution is 6.35. The normalized spacial score (nSPS) is 10.7. The molecule has 1 aromatic heterocycles. The molecular formula is C11H10ClNO. The third-order valence-electron chi connectivity index (χ3n) is 2.01. The number of hydrogen-bond acceptors (Lipinski definition) is 2. The first-order chi connectivity index (χ1) is 6.81. The SMILES string of the molecule is COCc1cc(Cl)c2ccccc2n1. The maximum atomic E-state index is 6.10. The summed E-state index contributed by atoms with van der Waals surface area (Å²) in [6.45, 7) is 0.491. The van der Waals surface area contributed by atoms with Crippen LogP contribution >= 0.6 is 11.6 Å². The molecule has 0 fully saturated rings. The van der Waals surface area contributed by atoms with E-state index in [-0.39, 0.29) is 0 Å². The predicted octanol–water partition coefficient (Wildman–Crippen LogP) is 3.03. The third-order valence-corrected chi connectivity index (χ3v) is 2.32. The lowest BCUT2D eigenvalue weighted by molar-refractivity contribution is 0.182. The van der Waals surface area contributed by atoms with Crippen molar-refractivity contribution in [3.63, 3.8) is 0 Å². The van der Waals surface area contributed by atoms with Gasteiger partial charge in [0, 0.05) is 12.5 Å². The molecule has 0 atom stereocenters. The van der Waals surface area contributed by atoms with E-state index in [1.807, 2.05) is 30.3 Å². The number of hydrogen-bond donors (Lipinski definition) is 0. The standard InChI is InChI=1S/C11H10ClNO/c1-14-7-8-6-10(12)9-4-2-3-5-11(9)13-8/h2-6H,7H2,1H3. The maximum absolute atomic E-state index is 6.10. The van der Waals surface area contributed by atoms with E-state index in [4.69, 9.17) is 16.3 Å². The first-order valence-corrected chi connectivity index (χ1v) is 4.72. The van der Waals surface area contributed by atoms with Crippen LogP contribution < -0.4 is 0 Å². The Bertz CT molecular complexity index is 456. The number of fused-ring (bicyclic) bond motifs is 1. The van der Waals surface area contributed by atoms with Crippen LogP contribution in [0.3, 0.4) is 0 Å². The molecule has 1 aromatic carbocycles. The average Bonchev–Trinajstić information content (AvgIpc) is 2.18. The van der Waals surface area contributed by atoms with E-state index in [1.54, 1.807) is 7.11 Å². The number of benzene rings is 1. The topological polar surface area (TPSA) is 22.1 Å². The summed E-state index contributed by atoms with van der Waals surface area (Å²) in [7, 11) is 1.64. The largest absolute Gasteiger partial charge is 0.378 e. The minimum absolute atomic E-state index is 0.491. The summed E-state index contributed by atoms with van der Waals surface area (Å²) in [4.78, 5) is 4.42. The van der Waals surface area contributed by atoms with Crippen LogP contribution in [0.1, 0.15) is 5.69 Å². The second kappa shape index (κ2) is 3.95. The Morgan fingerprint density at radius 2 is 2.14 bits per heavy atom. The first kappa shape index (κ1) is 9.44. The van der Waals surface area contributed by atoms with Crippen LogP contribution in [0.4, 0.5) is 0 Å². The van der Waals surface area contributed by atoms with Gasteiger partial charge in [0.05, 0.1) is 22.8 Å². The monoisotopic (exact) mass is 207 g/mol. The highest BCUT2D eigenvalue weighted by Gasteiger charge is 2.02. The van der Waals surface area contributed by atoms with Gasteiger partial charge in [0.15, 0.2) is 0 Å². The van der Waals surface area contributed by atoms with Gasteiger partial charge < -0.3 is 4.74 Å². The molecule has 2 nitrogen and oxygen atoms in total. The van der Waals surface area contributed by atoms with Gasteiger partial charge in [0.25, 0.3) is 0 Å². The zero-order chi connectivity index (χ0) is 9.97. The van der Waals surface area contributed by atoms with E-state index < -0.39 is 0 Å². The van der Waals surface area contributed by atoms with Crippen molar-refractivity contribution in [2.45, 2.75) is 6.61 Å². The minimum atomic E-state index is 0.491. The van der Waals surface area contributed by atoms with E-state index in [0.717, 1.165) is 21.6 Å². The Morgan fingerprint density at radius 1 is 1.36 bits per heavy atom. The molecule has 0 bridgehead atoms. The molecule has 0 amide bonds. The van der Waals surface area contributed by atoms with E-state index in [2.05, 4.69) is 4.98 Å². The number of pyridine rings is 1. The molecule has 1 heterocycles. The van der Waals surface area contributed by atoms with Gasteiger partial charge in [0.1, 0.15) is 0 Å². The molecule has 0 N–H and O–H groups in total. The second-order valence-electron chi connectivity index (χ2n) is 3.05. The van der Waals surface area contributed by atoms with Crippen molar-refractivity contribution in [3.05, 3.63) is 41.0 Å². The molecule has 0 spiro atoms. The van der Waals surface area contributed by atoms with Gasteiger partial charge in [-0.2, -0.15) is 0 Å². The molecule has 0 saturated heterocycles. The maximum Gasteiger partial charge on any atom is 0.0884 e. The number of nitrogens with zero attached hydrogens (tertiary/aromatic N) is 1. The molecule has 3 heteroatoms. The lowest BCUT2D eigenvalue weighted by Crippen LogP contribution is -1.92. The molecule has 0 aliphatic carbocycles. The van der Waals surface area contributed by atoms with Crippen molar-refractivity contribution >= 4 is 22.5 Å². The summed E-state index contributed by atoms with van der Waals surface area (Å²) in [6.07, 6.45) is 0. The van der Waals surface area contributed by atoms with Gasteiger partial charge in [0.2, 0.25) is 0 Å². The van der Waals surface area contributed by atoms with Crippen LogP contribution in [-0.2, 0) is 11.3 Å². The molecule has 2 rings (SSSR count). The molecule has 2 aromatic rings. The molecule has 0 aliphatic heterocycles. The summed E-state index contributed by atoms with van der Waals surface area (Å²) >= 11 is 6.10. The summed E-state index contributed by atoms with van der Waals surface area (Å²) < 4.78 is 5.01.